The van der Waals surface area contributed by atoms with Crippen LogP contribution in [0.4, 0.5) is 0 Å². The number of hydrogen-bond acceptors (Lipinski definition) is 5. The lowest BCUT2D eigenvalue weighted by Gasteiger charge is -2.12. The Balaban J connectivity index is 1.80. The lowest BCUT2D eigenvalue weighted by atomic mass is 10.2. The summed E-state index contributed by atoms with van der Waals surface area (Å²) in [6.45, 7) is 2.33. The molecule has 4 nitrogen and oxygen atoms in total. The van der Waals surface area contributed by atoms with E-state index in [1.165, 1.54) is 0 Å². The summed E-state index contributed by atoms with van der Waals surface area (Å²) >= 11 is 1.57. The zero-order chi connectivity index (χ0) is 16.0. The Labute approximate surface area is 135 Å². The molecule has 0 fully saturated rings. The van der Waals surface area contributed by atoms with Gasteiger partial charge in [-0.15, -0.1) is 11.3 Å². The van der Waals surface area contributed by atoms with Gasteiger partial charge in [-0.25, -0.2) is 8.42 Å². The normalized spacial score (nSPS) is 13.2. The molecule has 6 heteroatoms. The first kappa shape index (κ1) is 17.1. The van der Waals surface area contributed by atoms with E-state index in [1.54, 1.807) is 17.4 Å². The Bertz CT molecular complexity index is 678. The molecule has 120 valence electrons. The first-order valence-corrected chi connectivity index (χ1v) is 9.69. The van der Waals surface area contributed by atoms with Crippen molar-refractivity contribution in [2.24, 2.45) is 0 Å². The number of aliphatic hydroxyl groups excluding tert-OH is 1. The summed E-state index contributed by atoms with van der Waals surface area (Å²) in [6, 6.07) is 11.2. The summed E-state index contributed by atoms with van der Waals surface area (Å²) in [5.74, 6) is -0.345. The highest BCUT2D eigenvalue weighted by Gasteiger charge is 2.18. The van der Waals surface area contributed by atoms with Crippen LogP contribution in [0.3, 0.4) is 0 Å². The molecule has 1 aromatic carbocycles. The van der Waals surface area contributed by atoms with Crippen LogP contribution in [0.25, 0.3) is 0 Å². The second-order valence-corrected chi connectivity index (χ2v) is 8.43. The molecule has 2 rings (SSSR count). The first-order valence-electron chi connectivity index (χ1n) is 6.99. The molecule has 1 heterocycles. The van der Waals surface area contributed by atoms with E-state index < -0.39 is 15.9 Å². The third-order valence-corrected chi connectivity index (χ3v) is 5.57. The molecule has 0 saturated heterocycles. The maximum Gasteiger partial charge on any atom is 0.157 e. The summed E-state index contributed by atoms with van der Waals surface area (Å²) < 4.78 is 29.6. The van der Waals surface area contributed by atoms with E-state index in [2.05, 4.69) is 0 Å². The fourth-order valence-corrected chi connectivity index (χ4v) is 4.27. The molecule has 0 saturated carbocycles. The summed E-state index contributed by atoms with van der Waals surface area (Å²) in [4.78, 5) is 1.05. The molecule has 0 spiro atoms. The van der Waals surface area contributed by atoms with Crippen molar-refractivity contribution >= 4 is 21.2 Å². The Morgan fingerprint density at radius 1 is 1.27 bits per heavy atom. The molecule has 1 atom stereocenters. The predicted molar refractivity (Wildman–Crippen MR) is 88.7 cm³/mol. The van der Waals surface area contributed by atoms with Gasteiger partial charge in [-0.2, -0.15) is 0 Å². The van der Waals surface area contributed by atoms with E-state index in [9.17, 15) is 13.5 Å². The third-order valence-electron chi connectivity index (χ3n) is 3.05. The van der Waals surface area contributed by atoms with Crippen LogP contribution in [0.5, 0.6) is 0 Å². The molecular formula is C16H20O4S2. The molecule has 1 N–H and O–H groups in total. The van der Waals surface area contributed by atoms with Crippen molar-refractivity contribution in [3.05, 3.63) is 57.8 Å². The van der Waals surface area contributed by atoms with Crippen molar-refractivity contribution in [2.45, 2.75) is 25.4 Å². The van der Waals surface area contributed by atoms with Crippen LogP contribution in [0, 0.1) is 6.92 Å². The van der Waals surface area contributed by atoms with Crippen LogP contribution in [-0.4, -0.2) is 32.0 Å². The number of ether oxygens (including phenoxy) is 1. The Morgan fingerprint density at radius 2 is 2.09 bits per heavy atom. The van der Waals surface area contributed by atoms with Gasteiger partial charge in [0.25, 0.3) is 0 Å². The van der Waals surface area contributed by atoms with Crippen molar-refractivity contribution in [1.82, 2.24) is 0 Å². The second kappa shape index (κ2) is 7.87. The van der Waals surface area contributed by atoms with E-state index in [4.69, 9.17) is 4.74 Å². The fourth-order valence-electron chi connectivity index (χ4n) is 2.15. The molecule has 22 heavy (non-hydrogen) atoms. The minimum Gasteiger partial charge on any atom is -0.390 e. The molecule has 0 radical (unpaired) electrons. The monoisotopic (exact) mass is 340 g/mol. The number of sulfone groups is 1. The van der Waals surface area contributed by atoms with Gasteiger partial charge in [0.1, 0.15) is 0 Å². The number of aryl methyl sites for hydroxylation is 1. The van der Waals surface area contributed by atoms with Crippen molar-refractivity contribution in [1.29, 1.82) is 0 Å². The second-order valence-electron chi connectivity index (χ2n) is 5.29. The van der Waals surface area contributed by atoms with E-state index >= 15 is 0 Å². The van der Waals surface area contributed by atoms with Crippen molar-refractivity contribution in [2.75, 3.05) is 12.4 Å². The highest BCUT2D eigenvalue weighted by Crippen LogP contribution is 2.12. The van der Waals surface area contributed by atoms with Crippen LogP contribution >= 0.6 is 11.3 Å². The van der Waals surface area contributed by atoms with Gasteiger partial charge < -0.3 is 9.84 Å². The van der Waals surface area contributed by atoms with E-state index in [1.807, 2.05) is 42.6 Å². The first-order chi connectivity index (χ1) is 10.4. The summed E-state index contributed by atoms with van der Waals surface area (Å²) in [5.41, 5.74) is 1.76. The van der Waals surface area contributed by atoms with Crippen LogP contribution < -0.4 is 0 Å². The predicted octanol–water partition coefficient (Wildman–Crippen LogP) is 2.55. The largest absolute Gasteiger partial charge is 0.390 e. The number of aliphatic hydroxyl groups is 1. The van der Waals surface area contributed by atoms with E-state index in [-0.39, 0.29) is 18.1 Å². The molecule has 1 unspecified atom stereocenters. The van der Waals surface area contributed by atoms with Crippen LogP contribution in [0.2, 0.25) is 0 Å². The van der Waals surface area contributed by atoms with Gasteiger partial charge in [0.15, 0.2) is 9.84 Å². The van der Waals surface area contributed by atoms with Gasteiger partial charge in [-0.1, -0.05) is 35.9 Å². The van der Waals surface area contributed by atoms with Gasteiger partial charge in [-0.3, -0.25) is 0 Å². The summed E-state index contributed by atoms with van der Waals surface area (Å²) in [7, 11) is -3.36. The fraction of sp³-hybridized carbons (Fsp3) is 0.375. The van der Waals surface area contributed by atoms with Crippen molar-refractivity contribution in [3.8, 4) is 0 Å². The molecule has 0 aliphatic heterocycles. The third kappa shape index (κ3) is 5.88. The van der Waals surface area contributed by atoms with Crippen molar-refractivity contribution in [3.63, 3.8) is 0 Å². The lowest BCUT2D eigenvalue weighted by Crippen LogP contribution is -2.26. The van der Waals surface area contributed by atoms with Crippen LogP contribution in [0.15, 0.2) is 41.8 Å². The zero-order valence-corrected chi connectivity index (χ0v) is 14.1. The smallest absolute Gasteiger partial charge is 0.157 e. The van der Waals surface area contributed by atoms with Gasteiger partial charge in [0, 0.05) is 4.88 Å². The topological polar surface area (TPSA) is 63.6 Å². The molecule has 0 amide bonds. The highest BCUT2D eigenvalue weighted by atomic mass is 32.2. The number of benzene rings is 1. The van der Waals surface area contributed by atoms with Crippen molar-refractivity contribution < 1.29 is 18.3 Å². The summed E-state index contributed by atoms with van der Waals surface area (Å²) in [5, 5.41) is 11.8. The van der Waals surface area contributed by atoms with Crippen LogP contribution in [0.1, 0.15) is 16.0 Å². The summed E-state index contributed by atoms with van der Waals surface area (Å²) in [6.07, 6.45) is -1.00. The average molecular weight is 340 g/mol. The van der Waals surface area contributed by atoms with Gasteiger partial charge >= 0.3 is 0 Å². The van der Waals surface area contributed by atoms with Gasteiger partial charge in [0.2, 0.25) is 0 Å². The Morgan fingerprint density at radius 3 is 2.77 bits per heavy atom. The minimum atomic E-state index is -3.36. The Kier molecular flexibility index (Phi) is 6.14. The maximum atomic E-state index is 12.1. The van der Waals surface area contributed by atoms with Gasteiger partial charge in [-0.05, 0) is 23.9 Å². The van der Waals surface area contributed by atoms with E-state index in [0.717, 1.165) is 16.0 Å². The minimum absolute atomic E-state index is 0.0188. The number of thiophene rings is 1. The zero-order valence-electron chi connectivity index (χ0n) is 12.4. The van der Waals surface area contributed by atoms with E-state index in [0.29, 0.717) is 6.61 Å². The lowest BCUT2D eigenvalue weighted by molar-refractivity contribution is 0.0401. The average Bonchev–Trinajstić information content (AvgIpc) is 2.90. The molecule has 0 bridgehead atoms. The standard InChI is InChI=1S/C16H20O4S2/c1-13-4-2-5-14(8-13)11-22(18,19)12-15(17)9-20-10-16-6-3-7-21-16/h2-8,15,17H,9-12H2,1H3. The quantitative estimate of drug-likeness (QED) is 0.802. The molecule has 2 aromatic rings. The molecule has 1 aromatic heterocycles. The Hall–Kier alpha value is -1.21. The molecule has 0 aliphatic carbocycles. The van der Waals surface area contributed by atoms with Crippen LogP contribution in [-0.2, 0) is 26.9 Å². The number of rotatable bonds is 8. The molecular weight excluding hydrogens is 320 g/mol. The van der Waals surface area contributed by atoms with Gasteiger partial charge in [0.05, 0.1) is 30.8 Å². The highest BCUT2D eigenvalue weighted by molar-refractivity contribution is 7.90. The maximum absolute atomic E-state index is 12.1. The SMILES string of the molecule is Cc1cccc(CS(=O)(=O)CC(O)COCc2cccs2)c1. The molecule has 0 aliphatic rings. The number of hydrogen-bond donors (Lipinski definition) is 1.